The van der Waals surface area contributed by atoms with Crippen LogP contribution in [0.25, 0.3) is 0 Å². The predicted molar refractivity (Wildman–Crippen MR) is 93.4 cm³/mol. The summed E-state index contributed by atoms with van der Waals surface area (Å²) in [5.74, 6) is 0.362. The van der Waals surface area contributed by atoms with Crippen LogP contribution in [0.4, 0.5) is 5.69 Å². The van der Waals surface area contributed by atoms with Crippen LogP contribution >= 0.6 is 0 Å². The predicted octanol–water partition coefficient (Wildman–Crippen LogP) is 3.63. The van der Waals surface area contributed by atoms with Gasteiger partial charge in [-0.3, -0.25) is 5.43 Å². The standard InChI is InChI=1S/C18H20N2O4/c1-12(2)24-16-9-4-13(10-17(16)23-3)11-19-20-15-7-5-14(6-8-15)18(21)22/h4-12,20H,1-3H3,(H,21,22)/b19-11+. The quantitative estimate of drug-likeness (QED) is 0.599. The molecule has 2 aromatic carbocycles. The first kappa shape index (κ1) is 17.3. The maximum absolute atomic E-state index is 10.8. The molecule has 2 aromatic rings. The smallest absolute Gasteiger partial charge is 0.335 e. The van der Waals surface area contributed by atoms with E-state index < -0.39 is 5.97 Å². The van der Waals surface area contributed by atoms with E-state index in [0.717, 1.165) is 5.56 Å². The Morgan fingerprint density at radius 1 is 1.17 bits per heavy atom. The van der Waals surface area contributed by atoms with Gasteiger partial charge in [-0.2, -0.15) is 5.10 Å². The Hall–Kier alpha value is -3.02. The molecular weight excluding hydrogens is 308 g/mol. The van der Waals surface area contributed by atoms with Gasteiger partial charge in [0, 0.05) is 0 Å². The van der Waals surface area contributed by atoms with Crippen molar-refractivity contribution in [1.29, 1.82) is 0 Å². The second kappa shape index (κ2) is 8.01. The third kappa shape index (κ3) is 4.74. The molecule has 0 aliphatic carbocycles. The van der Waals surface area contributed by atoms with Gasteiger partial charge in [-0.05, 0) is 61.9 Å². The SMILES string of the molecule is COc1cc(/C=N/Nc2ccc(C(=O)O)cc2)ccc1OC(C)C. The van der Waals surface area contributed by atoms with E-state index in [0.29, 0.717) is 17.2 Å². The number of hydrogen-bond donors (Lipinski definition) is 2. The maximum Gasteiger partial charge on any atom is 0.335 e. The summed E-state index contributed by atoms with van der Waals surface area (Å²) in [6.07, 6.45) is 1.71. The zero-order chi connectivity index (χ0) is 17.5. The Bertz CT molecular complexity index is 724. The van der Waals surface area contributed by atoms with Crippen LogP contribution in [-0.2, 0) is 0 Å². The number of aromatic carboxylic acids is 1. The van der Waals surface area contributed by atoms with Crippen LogP contribution in [0.15, 0.2) is 47.6 Å². The number of carboxylic acid groups (broad SMARTS) is 1. The largest absolute Gasteiger partial charge is 0.493 e. The van der Waals surface area contributed by atoms with Gasteiger partial charge in [0.2, 0.25) is 0 Å². The molecule has 0 saturated carbocycles. The zero-order valence-corrected chi connectivity index (χ0v) is 13.8. The van der Waals surface area contributed by atoms with E-state index in [9.17, 15) is 4.79 Å². The zero-order valence-electron chi connectivity index (χ0n) is 13.8. The molecule has 6 nitrogen and oxygen atoms in total. The van der Waals surface area contributed by atoms with Crippen molar-refractivity contribution in [2.45, 2.75) is 20.0 Å². The van der Waals surface area contributed by atoms with E-state index in [1.54, 1.807) is 25.5 Å². The summed E-state index contributed by atoms with van der Waals surface area (Å²) in [7, 11) is 1.59. The molecule has 0 fully saturated rings. The first-order chi connectivity index (χ1) is 11.5. The Kier molecular flexibility index (Phi) is 5.78. The number of methoxy groups -OCH3 is 1. The highest BCUT2D eigenvalue weighted by Gasteiger charge is 2.06. The summed E-state index contributed by atoms with van der Waals surface area (Å²) >= 11 is 0. The molecule has 0 unspecified atom stereocenters. The molecule has 0 aliphatic rings. The summed E-state index contributed by atoms with van der Waals surface area (Å²) in [5, 5.41) is 13.0. The number of hydrazone groups is 1. The Labute approximate surface area is 140 Å². The van der Waals surface area contributed by atoms with Crippen molar-refractivity contribution in [3.8, 4) is 11.5 Å². The Morgan fingerprint density at radius 3 is 2.46 bits per heavy atom. The summed E-state index contributed by atoms with van der Waals surface area (Å²) in [5.41, 5.74) is 4.62. The van der Waals surface area contributed by atoms with Crippen molar-refractivity contribution in [3.05, 3.63) is 53.6 Å². The van der Waals surface area contributed by atoms with Crippen LogP contribution in [0.3, 0.4) is 0 Å². The number of nitrogens with one attached hydrogen (secondary N) is 1. The van der Waals surface area contributed by atoms with E-state index >= 15 is 0 Å². The molecule has 0 bridgehead atoms. The Morgan fingerprint density at radius 2 is 1.88 bits per heavy atom. The van der Waals surface area contributed by atoms with E-state index in [4.69, 9.17) is 14.6 Å². The lowest BCUT2D eigenvalue weighted by molar-refractivity contribution is 0.0697. The normalized spacial score (nSPS) is 10.8. The number of carboxylic acids is 1. The van der Waals surface area contributed by atoms with Crippen LogP contribution < -0.4 is 14.9 Å². The molecule has 0 amide bonds. The van der Waals surface area contributed by atoms with Crippen molar-refractivity contribution in [2.75, 3.05) is 12.5 Å². The lowest BCUT2D eigenvalue weighted by atomic mass is 10.2. The van der Waals surface area contributed by atoms with Gasteiger partial charge in [0.1, 0.15) is 0 Å². The van der Waals surface area contributed by atoms with Crippen molar-refractivity contribution in [3.63, 3.8) is 0 Å². The van der Waals surface area contributed by atoms with Crippen molar-refractivity contribution in [1.82, 2.24) is 0 Å². The minimum absolute atomic E-state index is 0.0638. The number of ether oxygens (including phenoxy) is 2. The summed E-state index contributed by atoms with van der Waals surface area (Å²) in [6, 6.07) is 11.9. The van der Waals surface area contributed by atoms with Gasteiger partial charge in [-0.15, -0.1) is 0 Å². The topological polar surface area (TPSA) is 80.2 Å². The number of rotatable bonds is 7. The number of anilines is 1. The van der Waals surface area contributed by atoms with Crippen LogP contribution in [0.1, 0.15) is 29.8 Å². The van der Waals surface area contributed by atoms with Gasteiger partial charge >= 0.3 is 5.97 Å². The summed E-state index contributed by atoms with van der Waals surface area (Å²) < 4.78 is 11.0. The van der Waals surface area contributed by atoms with Gasteiger partial charge in [-0.1, -0.05) is 0 Å². The second-order valence-corrected chi connectivity index (χ2v) is 5.33. The fraction of sp³-hybridized carbons (Fsp3) is 0.222. The fourth-order valence-corrected chi connectivity index (χ4v) is 1.98. The van der Waals surface area contributed by atoms with Gasteiger partial charge in [-0.25, -0.2) is 4.79 Å². The molecular formula is C18H20N2O4. The third-order valence-corrected chi connectivity index (χ3v) is 3.09. The molecule has 0 aliphatic heterocycles. The van der Waals surface area contributed by atoms with Crippen LogP contribution in [0, 0.1) is 0 Å². The maximum atomic E-state index is 10.8. The monoisotopic (exact) mass is 328 g/mol. The summed E-state index contributed by atoms with van der Waals surface area (Å²) in [6.45, 7) is 3.91. The number of benzene rings is 2. The van der Waals surface area contributed by atoms with Gasteiger partial charge in [0.05, 0.1) is 30.7 Å². The highest BCUT2D eigenvalue weighted by atomic mass is 16.5. The minimum atomic E-state index is -0.958. The molecule has 24 heavy (non-hydrogen) atoms. The average Bonchev–Trinajstić information content (AvgIpc) is 2.56. The first-order valence-corrected chi connectivity index (χ1v) is 7.46. The van der Waals surface area contributed by atoms with E-state index in [1.165, 1.54) is 12.1 Å². The summed E-state index contributed by atoms with van der Waals surface area (Å²) in [4.78, 5) is 10.8. The lowest BCUT2D eigenvalue weighted by Crippen LogP contribution is -2.06. The molecule has 2 N–H and O–H groups in total. The molecule has 126 valence electrons. The van der Waals surface area contributed by atoms with Crippen molar-refractivity contribution >= 4 is 17.9 Å². The van der Waals surface area contributed by atoms with Gasteiger partial charge < -0.3 is 14.6 Å². The molecule has 0 aromatic heterocycles. The minimum Gasteiger partial charge on any atom is -0.493 e. The van der Waals surface area contributed by atoms with Crippen molar-refractivity contribution in [2.24, 2.45) is 5.10 Å². The van der Waals surface area contributed by atoms with Gasteiger partial charge in [0.25, 0.3) is 0 Å². The van der Waals surface area contributed by atoms with Crippen LogP contribution in [0.2, 0.25) is 0 Å². The average molecular weight is 328 g/mol. The van der Waals surface area contributed by atoms with E-state index in [-0.39, 0.29) is 11.7 Å². The number of hydrogen-bond acceptors (Lipinski definition) is 5. The fourth-order valence-electron chi connectivity index (χ4n) is 1.98. The van der Waals surface area contributed by atoms with Gasteiger partial charge in [0.15, 0.2) is 11.5 Å². The Balaban J connectivity index is 2.04. The third-order valence-electron chi connectivity index (χ3n) is 3.09. The second-order valence-electron chi connectivity index (χ2n) is 5.33. The molecule has 0 saturated heterocycles. The lowest BCUT2D eigenvalue weighted by Gasteiger charge is -2.13. The van der Waals surface area contributed by atoms with E-state index in [2.05, 4.69) is 10.5 Å². The number of carbonyl (C=O) groups is 1. The molecule has 0 radical (unpaired) electrons. The molecule has 0 atom stereocenters. The van der Waals surface area contributed by atoms with E-state index in [1.807, 2.05) is 32.0 Å². The number of nitrogens with zero attached hydrogens (tertiary/aromatic N) is 1. The highest BCUT2D eigenvalue weighted by Crippen LogP contribution is 2.28. The van der Waals surface area contributed by atoms with Crippen molar-refractivity contribution < 1.29 is 19.4 Å². The molecule has 0 spiro atoms. The first-order valence-electron chi connectivity index (χ1n) is 7.46. The van der Waals surface area contributed by atoms with Crippen LogP contribution in [0.5, 0.6) is 11.5 Å². The highest BCUT2D eigenvalue weighted by molar-refractivity contribution is 5.88. The van der Waals surface area contributed by atoms with Crippen LogP contribution in [-0.4, -0.2) is 30.5 Å². The molecule has 2 rings (SSSR count). The molecule has 6 heteroatoms. The molecule has 0 heterocycles.